The zero-order chi connectivity index (χ0) is 17.7. The Hall–Kier alpha value is -2.89. The maximum Gasteiger partial charge on any atom is 0.326 e. The van der Waals surface area contributed by atoms with Gasteiger partial charge in [-0.1, -0.05) is 26.0 Å². The number of hydrogen-bond acceptors (Lipinski definition) is 4. The van der Waals surface area contributed by atoms with Crippen molar-refractivity contribution in [2.75, 3.05) is 0 Å². The van der Waals surface area contributed by atoms with E-state index in [0.29, 0.717) is 17.4 Å². The average molecular weight is 329 g/mol. The van der Waals surface area contributed by atoms with Crippen LogP contribution in [-0.4, -0.2) is 23.0 Å². The number of para-hydroxylation sites is 1. The van der Waals surface area contributed by atoms with Crippen LogP contribution < -0.4 is 10.7 Å². The Morgan fingerprint density at radius 2 is 2.00 bits per heavy atom. The van der Waals surface area contributed by atoms with Gasteiger partial charge in [-0.2, -0.15) is 0 Å². The molecule has 0 spiro atoms. The molecule has 1 aromatic carbocycles. The second-order valence-electron chi connectivity index (χ2n) is 5.88. The molecule has 1 aromatic heterocycles. The lowest BCUT2D eigenvalue weighted by atomic mass is 10.0. The van der Waals surface area contributed by atoms with E-state index in [1.807, 2.05) is 13.8 Å². The van der Waals surface area contributed by atoms with Gasteiger partial charge in [0.1, 0.15) is 17.9 Å². The molecule has 126 valence electrons. The van der Waals surface area contributed by atoms with E-state index in [2.05, 4.69) is 5.32 Å². The lowest BCUT2D eigenvalue weighted by molar-refractivity contribution is -0.141. The highest BCUT2D eigenvalue weighted by Crippen LogP contribution is 2.11. The summed E-state index contributed by atoms with van der Waals surface area (Å²) < 4.78 is 5.35. The van der Waals surface area contributed by atoms with Crippen LogP contribution in [0.3, 0.4) is 0 Å². The minimum atomic E-state index is -1.09. The van der Waals surface area contributed by atoms with Crippen molar-refractivity contribution in [1.29, 1.82) is 0 Å². The Morgan fingerprint density at radius 3 is 2.67 bits per heavy atom. The Morgan fingerprint density at radius 1 is 1.29 bits per heavy atom. The van der Waals surface area contributed by atoms with E-state index in [4.69, 9.17) is 9.52 Å². The van der Waals surface area contributed by atoms with Gasteiger partial charge in [0.05, 0.1) is 10.9 Å². The van der Waals surface area contributed by atoms with Crippen LogP contribution in [0.5, 0.6) is 0 Å². The average Bonchev–Trinajstić information content (AvgIpc) is 2.53. The summed E-state index contributed by atoms with van der Waals surface area (Å²) in [4.78, 5) is 35.3. The van der Waals surface area contributed by atoms with Crippen molar-refractivity contribution in [2.24, 2.45) is 5.92 Å². The molecule has 0 saturated carbocycles. The largest absolute Gasteiger partial charge is 0.480 e. The summed E-state index contributed by atoms with van der Waals surface area (Å²) in [5.74, 6) is -1.53. The molecule has 6 heteroatoms. The fourth-order valence-corrected chi connectivity index (χ4v) is 2.29. The van der Waals surface area contributed by atoms with Crippen LogP contribution in [-0.2, 0) is 9.59 Å². The Balaban J connectivity index is 2.15. The van der Waals surface area contributed by atoms with Crippen LogP contribution in [0.2, 0.25) is 0 Å². The first-order valence-corrected chi connectivity index (χ1v) is 7.60. The molecule has 0 aliphatic rings. The number of hydrogen-bond donors (Lipinski definition) is 2. The fraction of sp³-hybridized carbons (Fsp3) is 0.278. The Kier molecular flexibility index (Phi) is 5.52. The van der Waals surface area contributed by atoms with E-state index in [0.717, 1.165) is 6.08 Å². The first-order valence-electron chi connectivity index (χ1n) is 7.60. The van der Waals surface area contributed by atoms with Gasteiger partial charge in [-0.3, -0.25) is 9.59 Å². The smallest absolute Gasteiger partial charge is 0.326 e. The molecule has 0 fully saturated rings. The quantitative estimate of drug-likeness (QED) is 0.793. The molecule has 2 aromatic rings. The number of rotatable bonds is 6. The lowest BCUT2D eigenvalue weighted by Gasteiger charge is -2.15. The summed E-state index contributed by atoms with van der Waals surface area (Å²) in [5, 5.41) is 12.0. The van der Waals surface area contributed by atoms with Gasteiger partial charge >= 0.3 is 5.97 Å². The summed E-state index contributed by atoms with van der Waals surface area (Å²) in [6, 6.07) is 5.84. The zero-order valence-corrected chi connectivity index (χ0v) is 13.5. The Labute approximate surface area is 138 Å². The van der Waals surface area contributed by atoms with E-state index < -0.39 is 17.9 Å². The number of carboxylic acid groups (broad SMARTS) is 1. The first-order chi connectivity index (χ1) is 11.4. The maximum atomic E-state index is 12.3. The molecule has 1 atom stereocenters. The highest BCUT2D eigenvalue weighted by molar-refractivity contribution is 5.94. The van der Waals surface area contributed by atoms with Crippen molar-refractivity contribution in [3.63, 3.8) is 0 Å². The van der Waals surface area contributed by atoms with Crippen LogP contribution in [0.25, 0.3) is 17.0 Å². The van der Waals surface area contributed by atoms with Crippen LogP contribution in [0.4, 0.5) is 0 Å². The van der Waals surface area contributed by atoms with Crippen molar-refractivity contribution < 1.29 is 19.1 Å². The normalized spacial score (nSPS) is 12.6. The van der Waals surface area contributed by atoms with Gasteiger partial charge in [-0.15, -0.1) is 0 Å². The molecule has 0 bridgehead atoms. The molecular formula is C18H19NO5. The monoisotopic (exact) mass is 329 g/mol. The molecule has 2 N–H and O–H groups in total. The van der Waals surface area contributed by atoms with Crippen LogP contribution in [0, 0.1) is 5.92 Å². The number of nitrogens with one attached hydrogen (secondary N) is 1. The molecule has 1 unspecified atom stereocenters. The predicted molar refractivity (Wildman–Crippen MR) is 90.5 cm³/mol. The number of amides is 1. The van der Waals surface area contributed by atoms with E-state index >= 15 is 0 Å². The third-order valence-electron chi connectivity index (χ3n) is 3.44. The van der Waals surface area contributed by atoms with Gasteiger partial charge in [-0.05, 0) is 30.5 Å². The summed E-state index contributed by atoms with van der Waals surface area (Å²) in [5.41, 5.74) is 0.435. The minimum Gasteiger partial charge on any atom is -0.480 e. The molecular weight excluding hydrogens is 310 g/mol. The van der Waals surface area contributed by atoms with Crippen molar-refractivity contribution in [1.82, 2.24) is 5.32 Å². The van der Waals surface area contributed by atoms with Gasteiger partial charge in [-0.25, -0.2) is 4.79 Å². The number of carboxylic acids is 1. The first kappa shape index (κ1) is 17.5. The Bertz CT molecular complexity index is 835. The highest BCUT2D eigenvalue weighted by Gasteiger charge is 2.19. The van der Waals surface area contributed by atoms with Gasteiger partial charge in [0.15, 0.2) is 5.43 Å². The van der Waals surface area contributed by atoms with Crippen molar-refractivity contribution in [2.45, 2.75) is 26.3 Å². The summed E-state index contributed by atoms with van der Waals surface area (Å²) in [7, 11) is 0. The molecule has 0 saturated heterocycles. The van der Waals surface area contributed by atoms with Crippen LogP contribution in [0.1, 0.15) is 25.8 Å². The van der Waals surface area contributed by atoms with E-state index in [1.165, 1.54) is 12.3 Å². The van der Waals surface area contributed by atoms with Crippen molar-refractivity contribution >= 4 is 28.9 Å². The fourth-order valence-electron chi connectivity index (χ4n) is 2.29. The van der Waals surface area contributed by atoms with Crippen LogP contribution >= 0.6 is 0 Å². The lowest BCUT2D eigenvalue weighted by Crippen LogP contribution is -2.40. The van der Waals surface area contributed by atoms with Gasteiger partial charge < -0.3 is 14.8 Å². The molecule has 6 nitrogen and oxygen atoms in total. The van der Waals surface area contributed by atoms with E-state index in [-0.39, 0.29) is 16.9 Å². The molecule has 2 rings (SSSR count). The van der Waals surface area contributed by atoms with Crippen LogP contribution in [0.15, 0.2) is 45.8 Å². The SMILES string of the molecule is CC(C)CC(NC(=O)/C=C/c1coc2ccccc2c1=O)C(=O)O. The maximum absolute atomic E-state index is 12.3. The number of fused-ring (bicyclic) bond motifs is 1. The van der Waals surface area contributed by atoms with E-state index in [9.17, 15) is 14.4 Å². The molecule has 1 heterocycles. The second kappa shape index (κ2) is 7.59. The molecule has 1 amide bonds. The second-order valence-corrected chi connectivity index (χ2v) is 5.88. The van der Waals surface area contributed by atoms with Crippen molar-refractivity contribution in [3.8, 4) is 0 Å². The topological polar surface area (TPSA) is 96.6 Å². The summed E-state index contributed by atoms with van der Waals surface area (Å²) in [6.45, 7) is 3.75. The van der Waals surface area contributed by atoms with E-state index in [1.54, 1.807) is 24.3 Å². The van der Waals surface area contributed by atoms with Crippen molar-refractivity contribution in [3.05, 3.63) is 52.4 Å². The number of carbonyl (C=O) groups is 2. The summed E-state index contributed by atoms with van der Waals surface area (Å²) >= 11 is 0. The standard InChI is InChI=1S/C18H19NO5/c1-11(2)9-14(18(22)23)19-16(20)8-7-12-10-24-15-6-4-3-5-13(15)17(12)21/h3-8,10-11,14H,9H2,1-2H3,(H,19,20)(H,22,23)/b8-7+. The zero-order valence-electron chi connectivity index (χ0n) is 13.5. The number of carbonyl (C=O) groups excluding carboxylic acids is 1. The van der Waals surface area contributed by atoms with Gasteiger partial charge in [0.2, 0.25) is 5.91 Å². The minimum absolute atomic E-state index is 0.128. The summed E-state index contributed by atoms with van der Waals surface area (Å²) in [6.07, 6.45) is 4.06. The van der Waals surface area contributed by atoms with Gasteiger partial charge in [0.25, 0.3) is 0 Å². The molecule has 0 aliphatic heterocycles. The predicted octanol–water partition coefficient (Wildman–Crippen LogP) is 2.42. The molecule has 24 heavy (non-hydrogen) atoms. The van der Waals surface area contributed by atoms with Gasteiger partial charge in [0, 0.05) is 6.08 Å². The molecule has 0 radical (unpaired) electrons. The third kappa shape index (κ3) is 4.32. The number of aliphatic carboxylic acids is 1. The third-order valence-corrected chi connectivity index (χ3v) is 3.44. The molecule has 0 aliphatic carbocycles. The highest BCUT2D eigenvalue weighted by atomic mass is 16.4. The number of benzene rings is 1.